The summed E-state index contributed by atoms with van der Waals surface area (Å²) < 4.78 is 5.73. The first-order valence-electron chi connectivity index (χ1n) is 7.85. The number of hydrogen-bond donors (Lipinski definition) is 1. The van der Waals surface area contributed by atoms with E-state index < -0.39 is 0 Å². The Morgan fingerprint density at radius 2 is 1.62 bits per heavy atom. The minimum absolute atomic E-state index is 0.0187. The highest BCUT2D eigenvalue weighted by molar-refractivity contribution is 6.05. The van der Waals surface area contributed by atoms with Crippen LogP contribution in [0, 0.1) is 6.92 Å². The molecule has 1 amide bonds. The van der Waals surface area contributed by atoms with Gasteiger partial charge in [0.25, 0.3) is 5.91 Å². The fourth-order valence-corrected chi connectivity index (χ4v) is 2.41. The molecule has 0 unspecified atom stereocenters. The molecule has 0 saturated carbocycles. The lowest BCUT2D eigenvalue weighted by Crippen LogP contribution is -2.17. The molecule has 1 heterocycles. The van der Waals surface area contributed by atoms with Crippen LogP contribution in [-0.4, -0.2) is 22.0 Å². The van der Waals surface area contributed by atoms with Crippen molar-refractivity contribution in [3.05, 3.63) is 59.9 Å². The minimum atomic E-state index is -0.300. The number of nitrogens with zero attached hydrogens (tertiary/aromatic N) is 2. The lowest BCUT2D eigenvalue weighted by atomic mass is 10.2. The van der Waals surface area contributed by atoms with Crippen molar-refractivity contribution in [2.45, 2.75) is 26.9 Å². The molecule has 0 atom stereocenters. The van der Waals surface area contributed by atoms with Crippen molar-refractivity contribution in [1.82, 2.24) is 9.97 Å². The molecule has 122 valence electrons. The van der Waals surface area contributed by atoms with Gasteiger partial charge in [-0.3, -0.25) is 4.79 Å². The van der Waals surface area contributed by atoms with Crippen molar-refractivity contribution < 1.29 is 9.53 Å². The van der Waals surface area contributed by atoms with Crippen LogP contribution in [0.3, 0.4) is 0 Å². The molecule has 2 aromatic carbocycles. The number of fused-ring (bicyclic) bond motifs is 1. The van der Waals surface area contributed by atoms with Gasteiger partial charge in [-0.05, 0) is 45.0 Å². The zero-order valence-electron chi connectivity index (χ0n) is 13.9. The molecular formula is C19H19N3O2. The van der Waals surface area contributed by atoms with Gasteiger partial charge in [0, 0.05) is 0 Å². The number of para-hydroxylation sites is 4. The Kier molecular flexibility index (Phi) is 4.42. The van der Waals surface area contributed by atoms with E-state index in [0.717, 1.165) is 5.52 Å². The van der Waals surface area contributed by atoms with E-state index in [4.69, 9.17) is 4.74 Å². The van der Waals surface area contributed by atoms with Crippen LogP contribution >= 0.6 is 0 Å². The van der Waals surface area contributed by atoms with Crippen molar-refractivity contribution in [3.63, 3.8) is 0 Å². The van der Waals surface area contributed by atoms with Gasteiger partial charge in [-0.15, -0.1) is 0 Å². The second kappa shape index (κ2) is 6.66. The average molecular weight is 321 g/mol. The fourth-order valence-electron chi connectivity index (χ4n) is 2.41. The number of aryl methyl sites for hydroxylation is 1. The maximum atomic E-state index is 12.6. The van der Waals surface area contributed by atoms with Gasteiger partial charge in [0.15, 0.2) is 0 Å². The summed E-state index contributed by atoms with van der Waals surface area (Å²) in [6.45, 7) is 5.67. The number of aromatic nitrogens is 2. The Balaban J connectivity index is 1.92. The summed E-state index contributed by atoms with van der Waals surface area (Å²) >= 11 is 0. The van der Waals surface area contributed by atoms with E-state index in [-0.39, 0.29) is 12.0 Å². The molecule has 5 heteroatoms. The number of hydrogen-bond acceptors (Lipinski definition) is 4. The number of carbonyl (C=O) groups excluding carboxylic acids is 1. The van der Waals surface area contributed by atoms with E-state index in [0.29, 0.717) is 28.3 Å². The molecule has 1 N–H and O–H groups in total. The predicted octanol–water partition coefficient (Wildman–Crippen LogP) is 3.98. The molecule has 0 bridgehead atoms. The molecular weight excluding hydrogens is 302 g/mol. The molecule has 5 nitrogen and oxygen atoms in total. The lowest BCUT2D eigenvalue weighted by molar-refractivity contribution is 0.102. The average Bonchev–Trinajstić information content (AvgIpc) is 2.55. The zero-order valence-corrected chi connectivity index (χ0v) is 13.9. The van der Waals surface area contributed by atoms with Crippen LogP contribution in [0.15, 0.2) is 48.5 Å². The van der Waals surface area contributed by atoms with E-state index in [1.54, 1.807) is 13.0 Å². The van der Waals surface area contributed by atoms with Crippen molar-refractivity contribution in [2.24, 2.45) is 0 Å². The molecule has 0 radical (unpaired) electrons. The van der Waals surface area contributed by atoms with E-state index in [1.807, 2.05) is 56.3 Å². The van der Waals surface area contributed by atoms with Crippen molar-refractivity contribution in [1.29, 1.82) is 0 Å². The lowest BCUT2D eigenvalue weighted by Gasteiger charge is -2.15. The van der Waals surface area contributed by atoms with Gasteiger partial charge < -0.3 is 10.1 Å². The summed E-state index contributed by atoms with van der Waals surface area (Å²) in [6, 6.07) is 14.8. The molecule has 3 rings (SSSR count). The summed E-state index contributed by atoms with van der Waals surface area (Å²) in [5, 5.41) is 2.87. The quantitative estimate of drug-likeness (QED) is 0.789. The zero-order chi connectivity index (χ0) is 17.1. The third kappa shape index (κ3) is 3.35. The first-order chi connectivity index (χ1) is 11.5. The first kappa shape index (κ1) is 15.9. The molecule has 0 aliphatic heterocycles. The van der Waals surface area contributed by atoms with Crippen LogP contribution in [0.5, 0.6) is 5.75 Å². The number of ether oxygens (including phenoxy) is 1. The Morgan fingerprint density at radius 3 is 2.33 bits per heavy atom. The van der Waals surface area contributed by atoms with Crippen molar-refractivity contribution in [2.75, 3.05) is 5.32 Å². The van der Waals surface area contributed by atoms with Crippen LogP contribution < -0.4 is 10.1 Å². The number of benzene rings is 2. The summed E-state index contributed by atoms with van der Waals surface area (Å²) in [7, 11) is 0. The molecule has 3 aromatic rings. The molecule has 0 aliphatic rings. The SMILES string of the molecule is Cc1nc2ccccc2nc1C(=O)Nc1ccccc1OC(C)C. The van der Waals surface area contributed by atoms with Crippen LogP contribution in [0.4, 0.5) is 5.69 Å². The van der Waals surface area contributed by atoms with Gasteiger partial charge in [0.05, 0.1) is 28.5 Å². The predicted molar refractivity (Wildman–Crippen MR) is 94.4 cm³/mol. The fraction of sp³-hybridized carbons (Fsp3) is 0.211. The molecule has 24 heavy (non-hydrogen) atoms. The summed E-state index contributed by atoms with van der Waals surface area (Å²) in [6.07, 6.45) is 0.0187. The van der Waals surface area contributed by atoms with Gasteiger partial charge in [0.2, 0.25) is 0 Å². The van der Waals surface area contributed by atoms with Gasteiger partial charge in [-0.1, -0.05) is 24.3 Å². The second-order valence-corrected chi connectivity index (χ2v) is 5.76. The summed E-state index contributed by atoms with van der Waals surface area (Å²) in [5.41, 5.74) is 2.99. The second-order valence-electron chi connectivity index (χ2n) is 5.76. The van der Waals surface area contributed by atoms with E-state index in [2.05, 4.69) is 15.3 Å². The topological polar surface area (TPSA) is 64.1 Å². The monoisotopic (exact) mass is 321 g/mol. The van der Waals surface area contributed by atoms with Crippen LogP contribution in [0.25, 0.3) is 11.0 Å². The van der Waals surface area contributed by atoms with Gasteiger partial charge in [-0.2, -0.15) is 0 Å². The minimum Gasteiger partial charge on any atom is -0.489 e. The molecule has 0 saturated heterocycles. The highest BCUT2D eigenvalue weighted by Gasteiger charge is 2.16. The smallest absolute Gasteiger partial charge is 0.276 e. The normalized spacial score (nSPS) is 10.8. The molecule has 0 aliphatic carbocycles. The van der Waals surface area contributed by atoms with Gasteiger partial charge >= 0.3 is 0 Å². The standard InChI is InChI=1S/C19H19N3O2/c1-12(2)24-17-11-7-6-10-16(17)22-19(23)18-13(3)20-14-8-4-5-9-15(14)21-18/h4-12H,1-3H3,(H,22,23). The van der Waals surface area contributed by atoms with Gasteiger partial charge in [0.1, 0.15) is 11.4 Å². The maximum absolute atomic E-state index is 12.6. The number of amides is 1. The van der Waals surface area contributed by atoms with E-state index >= 15 is 0 Å². The Morgan fingerprint density at radius 1 is 1.00 bits per heavy atom. The number of carbonyl (C=O) groups is 1. The summed E-state index contributed by atoms with van der Waals surface area (Å²) in [4.78, 5) is 21.5. The number of nitrogens with one attached hydrogen (secondary N) is 1. The maximum Gasteiger partial charge on any atom is 0.276 e. The van der Waals surface area contributed by atoms with Crippen molar-refractivity contribution in [3.8, 4) is 5.75 Å². The van der Waals surface area contributed by atoms with E-state index in [1.165, 1.54) is 0 Å². The van der Waals surface area contributed by atoms with Gasteiger partial charge in [-0.25, -0.2) is 9.97 Å². The largest absolute Gasteiger partial charge is 0.489 e. The number of rotatable bonds is 4. The molecule has 1 aromatic heterocycles. The van der Waals surface area contributed by atoms with E-state index in [9.17, 15) is 4.79 Å². The highest BCUT2D eigenvalue weighted by Crippen LogP contribution is 2.25. The van der Waals surface area contributed by atoms with Crippen LogP contribution in [0.2, 0.25) is 0 Å². The van der Waals surface area contributed by atoms with Crippen LogP contribution in [0.1, 0.15) is 30.0 Å². The van der Waals surface area contributed by atoms with Crippen molar-refractivity contribution >= 4 is 22.6 Å². The highest BCUT2D eigenvalue weighted by atomic mass is 16.5. The third-order valence-electron chi connectivity index (χ3n) is 3.46. The van der Waals surface area contributed by atoms with Crippen LogP contribution in [-0.2, 0) is 0 Å². The molecule has 0 fully saturated rings. The Hall–Kier alpha value is -2.95. The number of anilines is 1. The first-order valence-corrected chi connectivity index (χ1v) is 7.85. The molecule has 0 spiro atoms. The summed E-state index contributed by atoms with van der Waals surface area (Å²) in [5.74, 6) is 0.331. The Labute approximate surface area is 140 Å². The Bertz CT molecular complexity index is 891. The third-order valence-corrected chi connectivity index (χ3v) is 3.46.